The molecule has 0 radical (unpaired) electrons. The van der Waals surface area contributed by atoms with Gasteiger partial charge in [-0.05, 0) is 38.8 Å². The maximum absolute atomic E-state index is 11.9. The molecule has 0 aromatic heterocycles. The molecule has 0 aliphatic carbocycles. The molecule has 1 unspecified atom stereocenters. The van der Waals surface area contributed by atoms with E-state index >= 15 is 0 Å². The zero-order valence-corrected chi connectivity index (χ0v) is 11.6. The van der Waals surface area contributed by atoms with Crippen LogP contribution in [-0.2, 0) is 10.2 Å². The fourth-order valence-corrected chi connectivity index (χ4v) is 3.73. The second-order valence-corrected chi connectivity index (χ2v) is 7.32. The van der Waals surface area contributed by atoms with Crippen molar-refractivity contribution >= 4 is 10.2 Å². The molecule has 2 heterocycles. The second-order valence-electron chi connectivity index (χ2n) is 5.29. The third-order valence-electron chi connectivity index (χ3n) is 3.70. The van der Waals surface area contributed by atoms with E-state index in [9.17, 15) is 8.42 Å². The van der Waals surface area contributed by atoms with Gasteiger partial charge in [-0.2, -0.15) is 17.0 Å². The molecule has 2 aliphatic heterocycles. The Balaban J connectivity index is 1.77. The molecule has 0 saturated carbocycles. The van der Waals surface area contributed by atoms with E-state index < -0.39 is 10.2 Å². The van der Waals surface area contributed by atoms with Crippen molar-refractivity contribution in [1.29, 1.82) is 0 Å². The van der Waals surface area contributed by atoms with Crippen LogP contribution in [0.2, 0.25) is 0 Å². The molecule has 5 nitrogen and oxygen atoms in total. The van der Waals surface area contributed by atoms with Crippen molar-refractivity contribution in [2.75, 3.05) is 46.8 Å². The normalized spacial score (nSPS) is 27.6. The maximum Gasteiger partial charge on any atom is 0.281 e. The highest BCUT2D eigenvalue weighted by Crippen LogP contribution is 2.21. The Morgan fingerprint density at radius 1 is 1.29 bits per heavy atom. The van der Waals surface area contributed by atoms with Crippen LogP contribution in [0.4, 0.5) is 0 Å². The summed E-state index contributed by atoms with van der Waals surface area (Å²) in [4.78, 5) is 2.34. The van der Waals surface area contributed by atoms with Gasteiger partial charge in [0, 0.05) is 33.2 Å². The molecular weight excluding hydrogens is 238 g/mol. The Morgan fingerprint density at radius 2 is 2.00 bits per heavy atom. The van der Waals surface area contributed by atoms with Crippen molar-refractivity contribution < 1.29 is 8.42 Å². The largest absolute Gasteiger partial charge is 0.306 e. The minimum atomic E-state index is -3.13. The van der Waals surface area contributed by atoms with Crippen LogP contribution in [0.3, 0.4) is 0 Å². The van der Waals surface area contributed by atoms with Crippen molar-refractivity contribution in [2.24, 2.45) is 5.92 Å². The van der Waals surface area contributed by atoms with Crippen molar-refractivity contribution in [3.63, 3.8) is 0 Å². The van der Waals surface area contributed by atoms with Gasteiger partial charge < -0.3 is 4.90 Å². The predicted octanol–water partition coefficient (Wildman–Crippen LogP) is 0.211. The van der Waals surface area contributed by atoms with E-state index in [-0.39, 0.29) is 0 Å². The van der Waals surface area contributed by atoms with Crippen molar-refractivity contribution in [3.05, 3.63) is 0 Å². The molecule has 0 N–H and O–H groups in total. The van der Waals surface area contributed by atoms with Crippen LogP contribution in [0.5, 0.6) is 0 Å². The van der Waals surface area contributed by atoms with Crippen molar-refractivity contribution in [2.45, 2.75) is 19.3 Å². The van der Waals surface area contributed by atoms with Gasteiger partial charge in [-0.15, -0.1) is 0 Å². The van der Waals surface area contributed by atoms with E-state index in [1.165, 1.54) is 28.0 Å². The Labute approximate surface area is 105 Å². The Kier molecular flexibility index (Phi) is 4.07. The quantitative estimate of drug-likeness (QED) is 0.665. The Hall–Kier alpha value is -0.170. The first-order valence-corrected chi connectivity index (χ1v) is 7.80. The van der Waals surface area contributed by atoms with E-state index in [0.29, 0.717) is 25.6 Å². The molecule has 17 heavy (non-hydrogen) atoms. The summed E-state index contributed by atoms with van der Waals surface area (Å²) in [5.74, 6) is 0.653. The van der Waals surface area contributed by atoms with Crippen LogP contribution in [0.25, 0.3) is 0 Å². The molecular formula is C11H23N3O2S. The van der Waals surface area contributed by atoms with Gasteiger partial charge in [0.15, 0.2) is 0 Å². The van der Waals surface area contributed by atoms with Crippen LogP contribution < -0.4 is 0 Å². The van der Waals surface area contributed by atoms with Gasteiger partial charge >= 0.3 is 0 Å². The molecule has 0 spiro atoms. The molecule has 2 aliphatic rings. The van der Waals surface area contributed by atoms with Gasteiger partial charge in [-0.3, -0.25) is 0 Å². The highest BCUT2D eigenvalue weighted by Gasteiger charge is 2.35. The standard InChI is InChI=1S/C11H23N3O2S/c1-12-6-3-4-11(10-12)5-7-13(2)17(15,16)14-8-9-14/h11H,3-10H2,1-2H3. The van der Waals surface area contributed by atoms with Crippen LogP contribution in [0.1, 0.15) is 19.3 Å². The van der Waals surface area contributed by atoms with E-state index in [2.05, 4.69) is 11.9 Å². The third kappa shape index (κ3) is 3.40. The summed E-state index contributed by atoms with van der Waals surface area (Å²) in [6.07, 6.45) is 3.46. The van der Waals surface area contributed by atoms with Crippen LogP contribution in [0.15, 0.2) is 0 Å². The summed E-state index contributed by atoms with van der Waals surface area (Å²) in [5, 5.41) is 0. The number of nitrogens with zero attached hydrogens (tertiary/aromatic N) is 3. The monoisotopic (exact) mass is 261 g/mol. The van der Waals surface area contributed by atoms with Gasteiger partial charge in [0.1, 0.15) is 0 Å². The maximum atomic E-state index is 11.9. The molecule has 2 fully saturated rings. The molecule has 6 heteroatoms. The average Bonchev–Trinajstić information content (AvgIpc) is 3.09. The highest BCUT2D eigenvalue weighted by molar-refractivity contribution is 7.87. The predicted molar refractivity (Wildman–Crippen MR) is 68.0 cm³/mol. The lowest BCUT2D eigenvalue weighted by Crippen LogP contribution is -2.37. The second kappa shape index (κ2) is 5.22. The minimum Gasteiger partial charge on any atom is -0.306 e. The van der Waals surface area contributed by atoms with Crippen molar-refractivity contribution in [3.8, 4) is 0 Å². The first kappa shape index (κ1) is 13.3. The molecule has 100 valence electrons. The Morgan fingerprint density at radius 3 is 2.59 bits per heavy atom. The summed E-state index contributed by atoms with van der Waals surface area (Å²) in [5.41, 5.74) is 0. The number of piperidine rings is 1. The Bertz CT molecular complexity index is 354. The zero-order chi connectivity index (χ0) is 12.5. The van der Waals surface area contributed by atoms with E-state index in [0.717, 1.165) is 13.0 Å². The number of likely N-dealkylation sites (tertiary alicyclic amines) is 1. The lowest BCUT2D eigenvalue weighted by Gasteiger charge is -2.30. The minimum absolute atomic E-state index is 0.650. The third-order valence-corrected chi connectivity index (χ3v) is 5.69. The molecule has 0 bridgehead atoms. The number of hydrogen-bond acceptors (Lipinski definition) is 3. The summed E-state index contributed by atoms with van der Waals surface area (Å²) >= 11 is 0. The van der Waals surface area contributed by atoms with Crippen LogP contribution in [-0.4, -0.2) is 68.7 Å². The van der Waals surface area contributed by atoms with Gasteiger partial charge in [-0.1, -0.05) is 0 Å². The number of hydrogen-bond donors (Lipinski definition) is 0. The summed E-state index contributed by atoms with van der Waals surface area (Å²) in [6.45, 7) is 4.32. The van der Waals surface area contributed by atoms with E-state index in [1.54, 1.807) is 7.05 Å². The molecule has 0 aromatic carbocycles. The lowest BCUT2D eigenvalue weighted by molar-refractivity contribution is 0.196. The van der Waals surface area contributed by atoms with Gasteiger partial charge in [-0.25, -0.2) is 0 Å². The smallest absolute Gasteiger partial charge is 0.281 e. The molecule has 0 aromatic rings. The van der Waals surface area contributed by atoms with E-state index in [1.807, 2.05) is 0 Å². The van der Waals surface area contributed by atoms with E-state index in [4.69, 9.17) is 0 Å². The summed E-state index contributed by atoms with van der Waals surface area (Å²) in [7, 11) is 0.709. The fourth-order valence-electron chi connectivity index (χ4n) is 2.46. The SMILES string of the molecule is CN1CCCC(CCN(C)S(=O)(=O)N2CC2)C1. The molecule has 2 saturated heterocycles. The first-order chi connectivity index (χ1) is 8.00. The highest BCUT2D eigenvalue weighted by atomic mass is 32.2. The molecule has 2 rings (SSSR count). The fraction of sp³-hybridized carbons (Fsp3) is 1.00. The number of rotatable bonds is 5. The van der Waals surface area contributed by atoms with Crippen LogP contribution >= 0.6 is 0 Å². The van der Waals surface area contributed by atoms with Gasteiger partial charge in [0.05, 0.1) is 0 Å². The summed E-state index contributed by atoms with van der Waals surface area (Å²) in [6, 6.07) is 0. The first-order valence-electron chi connectivity index (χ1n) is 6.40. The van der Waals surface area contributed by atoms with Gasteiger partial charge in [0.25, 0.3) is 10.2 Å². The molecule has 0 amide bonds. The molecule has 1 atom stereocenters. The average molecular weight is 261 g/mol. The topological polar surface area (TPSA) is 43.6 Å². The summed E-state index contributed by atoms with van der Waals surface area (Å²) < 4.78 is 26.8. The van der Waals surface area contributed by atoms with Crippen LogP contribution in [0, 0.1) is 5.92 Å². The lowest BCUT2D eigenvalue weighted by atomic mass is 9.95. The van der Waals surface area contributed by atoms with Gasteiger partial charge in [0.2, 0.25) is 0 Å². The zero-order valence-electron chi connectivity index (χ0n) is 10.8. The van der Waals surface area contributed by atoms with Crippen molar-refractivity contribution in [1.82, 2.24) is 13.5 Å².